The minimum atomic E-state index is 0.493. The van der Waals surface area contributed by atoms with E-state index in [1.807, 2.05) is 26.8 Å². The van der Waals surface area contributed by atoms with E-state index in [4.69, 9.17) is 5.73 Å². The van der Waals surface area contributed by atoms with Crippen molar-refractivity contribution in [3.05, 3.63) is 29.3 Å². The summed E-state index contributed by atoms with van der Waals surface area (Å²) in [5, 5.41) is 4.35. The van der Waals surface area contributed by atoms with Gasteiger partial charge in [0.1, 0.15) is 12.1 Å². The van der Waals surface area contributed by atoms with Gasteiger partial charge in [-0.3, -0.25) is 0 Å². The van der Waals surface area contributed by atoms with Crippen molar-refractivity contribution in [3.63, 3.8) is 0 Å². The number of anilines is 1. The summed E-state index contributed by atoms with van der Waals surface area (Å²) in [6.07, 6.45) is 1.45. The molecule has 0 aliphatic heterocycles. The Kier molecular flexibility index (Phi) is 2.15. The Morgan fingerprint density at radius 1 is 1.20 bits per heavy atom. The van der Waals surface area contributed by atoms with Crippen LogP contribution in [-0.4, -0.2) is 19.7 Å². The number of aromatic nitrogens is 4. The van der Waals surface area contributed by atoms with E-state index in [0.717, 1.165) is 22.8 Å². The van der Waals surface area contributed by atoms with Crippen LogP contribution in [0.5, 0.6) is 0 Å². The number of nitrogens with two attached hydrogens (primary N) is 1. The third kappa shape index (κ3) is 1.56. The molecule has 0 radical (unpaired) electrons. The van der Waals surface area contributed by atoms with Crippen LogP contribution in [0.1, 0.15) is 17.0 Å². The van der Waals surface area contributed by atoms with E-state index in [1.54, 1.807) is 4.68 Å². The molecule has 0 fully saturated rings. The fraction of sp³-hybridized carbons (Fsp3) is 0.300. The molecule has 0 saturated heterocycles. The fourth-order valence-corrected chi connectivity index (χ4v) is 1.51. The highest BCUT2D eigenvalue weighted by Crippen LogP contribution is 2.16. The van der Waals surface area contributed by atoms with Gasteiger partial charge in [-0.1, -0.05) is 0 Å². The molecule has 2 heterocycles. The van der Waals surface area contributed by atoms with Gasteiger partial charge in [0.15, 0.2) is 5.82 Å². The second-order valence-electron chi connectivity index (χ2n) is 3.55. The highest BCUT2D eigenvalue weighted by molar-refractivity contribution is 5.47. The Bertz CT molecular complexity index is 501. The molecule has 2 aromatic rings. The second kappa shape index (κ2) is 3.34. The zero-order valence-corrected chi connectivity index (χ0v) is 9.02. The number of hydrogen-bond donors (Lipinski definition) is 1. The standard InChI is InChI=1S/C10H13N5/c1-6-4-7(2)15(14-6)10-8(3)9(11)12-5-13-10/h4-5H,1-3H3,(H2,11,12,13). The molecule has 0 unspecified atom stereocenters. The summed E-state index contributed by atoms with van der Waals surface area (Å²) in [4.78, 5) is 8.12. The Morgan fingerprint density at radius 3 is 2.53 bits per heavy atom. The predicted octanol–water partition coefficient (Wildman–Crippen LogP) is 1.17. The van der Waals surface area contributed by atoms with Crippen LogP contribution in [0.2, 0.25) is 0 Å². The maximum atomic E-state index is 5.72. The van der Waals surface area contributed by atoms with Crippen LogP contribution in [0, 0.1) is 20.8 Å². The average molecular weight is 203 g/mol. The van der Waals surface area contributed by atoms with E-state index in [2.05, 4.69) is 15.1 Å². The highest BCUT2D eigenvalue weighted by atomic mass is 15.3. The number of hydrogen-bond acceptors (Lipinski definition) is 4. The summed E-state index contributed by atoms with van der Waals surface area (Å²) in [6.45, 7) is 5.82. The minimum Gasteiger partial charge on any atom is -0.383 e. The third-order valence-corrected chi connectivity index (χ3v) is 2.31. The van der Waals surface area contributed by atoms with E-state index in [9.17, 15) is 0 Å². The topological polar surface area (TPSA) is 69.6 Å². The fourth-order valence-electron chi connectivity index (χ4n) is 1.51. The second-order valence-corrected chi connectivity index (χ2v) is 3.55. The largest absolute Gasteiger partial charge is 0.383 e. The molecule has 2 aromatic heterocycles. The van der Waals surface area contributed by atoms with Crippen molar-refractivity contribution in [1.29, 1.82) is 0 Å². The molecule has 0 aromatic carbocycles. The van der Waals surface area contributed by atoms with Crippen molar-refractivity contribution in [3.8, 4) is 5.82 Å². The maximum absolute atomic E-state index is 5.72. The lowest BCUT2D eigenvalue weighted by atomic mass is 10.3. The van der Waals surface area contributed by atoms with Crippen LogP contribution in [0.4, 0.5) is 5.82 Å². The lowest BCUT2D eigenvalue weighted by Gasteiger charge is -2.07. The van der Waals surface area contributed by atoms with E-state index in [1.165, 1.54) is 6.33 Å². The van der Waals surface area contributed by atoms with Gasteiger partial charge in [0.25, 0.3) is 0 Å². The molecule has 5 nitrogen and oxygen atoms in total. The van der Waals surface area contributed by atoms with Crippen molar-refractivity contribution in [1.82, 2.24) is 19.7 Å². The SMILES string of the molecule is Cc1cc(C)n(-c2ncnc(N)c2C)n1. The summed E-state index contributed by atoms with van der Waals surface area (Å²) >= 11 is 0. The monoisotopic (exact) mass is 203 g/mol. The molecule has 0 spiro atoms. The van der Waals surface area contributed by atoms with Gasteiger partial charge in [0, 0.05) is 11.3 Å². The van der Waals surface area contributed by atoms with Crippen LogP contribution < -0.4 is 5.73 Å². The van der Waals surface area contributed by atoms with Gasteiger partial charge >= 0.3 is 0 Å². The molecule has 5 heteroatoms. The Hall–Kier alpha value is -1.91. The van der Waals surface area contributed by atoms with Crippen molar-refractivity contribution in [2.24, 2.45) is 0 Å². The van der Waals surface area contributed by atoms with Gasteiger partial charge in [-0.05, 0) is 26.8 Å². The van der Waals surface area contributed by atoms with Gasteiger partial charge in [-0.15, -0.1) is 0 Å². The molecule has 0 bridgehead atoms. The number of rotatable bonds is 1. The van der Waals surface area contributed by atoms with Gasteiger partial charge in [0.05, 0.1) is 5.69 Å². The van der Waals surface area contributed by atoms with E-state index in [0.29, 0.717) is 5.82 Å². The van der Waals surface area contributed by atoms with Gasteiger partial charge in [0.2, 0.25) is 0 Å². The first-order valence-electron chi connectivity index (χ1n) is 4.70. The predicted molar refractivity (Wildman–Crippen MR) is 57.8 cm³/mol. The molecule has 0 amide bonds. The minimum absolute atomic E-state index is 0.493. The maximum Gasteiger partial charge on any atom is 0.161 e. The van der Waals surface area contributed by atoms with E-state index < -0.39 is 0 Å². The lowest BCUT2D eigenvalue weighted by Crippen LogP contribution is -2.07. The Morgan fingerprint density at radius 2 is 1.93 bits per heavy atom. The zero-order chi connectivity index (χ0) is 11.0. The van der Waals surface area contributed by atoms with Crippen LogP contribution in [0.25, 0.3) is 5.82 Å². The Balaban J connectivity index is 2.64. The van der Waals surface area contributed by atoms with Gasteiger partial charge < -0.3 is 5.73 Å². The summed E-state index contributed by atoms with van der Waals surface area (Å²) in [6, 6.07) is 2.00. The molecule has 2 rings (SSSR count). The normalized spacial score (nSPS) is 10.6. The van der Waals surface area contributed by atoms with E-state index in [-0.39, 0.29) is 0 Å². The smallest absolute Gasteiger partial charge is 0.161 e. The number of aryl methyl sites for hydroxylation is 2. The average Bonchev–Trinajstić information content (AvgIpc) is 2.50. The number of nitrogens with zero attached hydrogens (tertiary/aromatic N) is 4. The summed E-state index contributed by atoms with van der Waals surface area (Å²) in [7, 11) is 0. The molecule has 2 N–H and O–H groups in total. The summed E-state index contributed by atoms with van der Waals surface area (Å²) < 4.78 is 1.78. The molecule has 15 heavy (non-hydrogen) atoms. The summed E-state index contributed by atoms with van der Waals surface area (Å²) in [5.41, 5.74) is 8.57. The van der Waals surface area contributed by atoms with Crippen molar-refractivity contribution >= 4 is 5.82 Å². The lowest BCUT2D eigenvalue weighted by molar-refractivity contribution is 0.794. The first-order chi connectivity index (χ1) is 7.09. The molecule has 0 aliphatic rings. The Labute approximate surface area is 88.0 Å². The molecular weight excluding hydrogens is 190 g/mol. The first kappa shape index (κ1) is 9.64. The quantitative estimate of drug-likeness (QED) is 0.755. The van der Waals surface area contributed by atoms with Gasteiger partial charge in [-0.25, -0.2) is 14.6 Å². The molecule has 0 aliphatic carbocycles. The van der Waals surface area contributed by atoms with E-state index >= 15 is 0 Å². The van der Waals surface area contributed by atoms with Crippen molar-refractivity contribution in [2.45, 2.75) is 20.8 Å². The number of nitrogen functional groups attached to an aromatic ring is 1. The van der Waals surface area contributed by atoms with Crippen molar-refractivity contribution < 1.29 is 0 Å². The van der Waals surface area contributed by atoms with Crippen LogP contribution >= 0.6 is 0 Å². The van der Waals surface area contributed by atoms with Crippen LogP contribution in [0.3, 0.4) is 0 Å². The zero-order valence-electron chi connectivity index (χ0n) is 9.02. The van der Waals surface area contributed by atoms with Crippen molar-refractivity contribution in [2.75, 3.05) is 5.73 Å². The molecular formula is C10H13N5. The summed E-state index contributed by atoms with van der Waals surface area (Å²) in [5.74, 6) is 1.24. The van der Waals surface area contributed by atoms with Crippen LogP contribution in [0.15, 0.2) is 12.4 Å². The molecule has 78 valence electrons. The van der Waals surface area contributed by atoms with Gasteiger partial charge in [-0.2, -0.15) is 5.10 Å². The van der Waals surface area contributed by atoms with Crippen LogP contribution in [-0.2, 0) is 0 Å². The molecule has 0 saturated carbocycles. The first-order valence-corrected chi connectivity index (χ1v) is 4.70. The third-order valence-electron chi connectivity index (χ3n) is 2.31. The molecule has 0 atom stereocenters. The highest BCUT2D eigenvalue weighted by Gasteiger charge is 2.09.